The van der Waals surface area contributed by atoms with Crippen molar-refractivity contribution in [1.82, 2.24) is 14.2 Å². The molecule has 0 spiro atoms. The third-order valence-corrected chi connectivity index (χ3v) is 6.97. The van der Waals surface area contributed by atoms with Crippen molar-refractivity contribution in [2.24, 2.45) is 7.05 Å². The van der Waals surface area contributed by atoms with Crippen molar-refractivity contribution in [2.45, 2.75) is 13.5 Å². The maximum absolute atomic E-state index is 12.3. The number of benzene rings is 2. The Morgan fingerprint density at radius 2 is 1.57 bits per heavy atom. The van der Waals surface area contributed by atoms with Crippen LogP contribution in [0.2, 0.25) is 0 Å². The first-order valence-corrected chi connectivity index (χ1v) is 12.2. The molecule has 1 amide bonds. The van der Waals surface area contributed by atoms with E-state index in [2.05, 4.69) is 101 Å². The standard InChI is InChI=1S/C29H33N4O2/c1-22-9-11-24(12-10-22)29-26(20-31-15-17-32(18-16-31)28(34)21-35-3)33-19-25(13-14-27(33)30(29)2)23-7-5-4-6-8-23/h4-14,19H,15-18,20-21H2,1-3H3/q+1. The summed E-state index contributed by atoms with van der Waals surface area (Å²) in [5, 5.41) is 0. The lowest BCUT2D eigenvalue weighted by Gasteiger charge is -2.34. The number of methoxy groups -OCH3 is 1. The van der Waals surface area contributed by atoms with Crippen LogP contribution in [0.3, 0.4) is 0 Å². The maximum atomic E-state index is 12.3. The second-order valence-electron chi connectivity index (χ2n) is 9.32. The summed E-state index contributed by atoms with van der Waals surface area (Å²) in [7, 11) is 3.72. The fourth-order valence-corrected chi connectivity index (χ4v) is 5.01. The fourth-order valence-electron chi connectivity index (χ4n) is 5.01. The van der Waals surface area contributed by atoms with E-state index in [9.17, 15) is 4.79 Å². The molecule has 1 aliphatic heterocycles. The van der Waals surface area contributed by atoms with Gasteiger partial charge in [-0.2, -0.15) is 4.40 Å². The highest BCUT2D eigenvalue weighted by atomic mass is 16.5. The third-order valence-electron chi connectivity index (χ3n) is 6.97. The van der Waals surface area contributed by atoms with Crippen molar-refractivity contribution in [3.63, 3.8) is 0 Å². The van der Waals surface area contributed by atoms with Crippen LogP contribution in [0.1, 0.15) is 11.3 Å². The molecule has 0 aliphatic carbocycles. The highest BCUT2D eigenvalue weighted by molar-refractivity contribution is 5.77. The SMILES string of the molecule is COCC(=O)N1CCN(Cc2c(-c3ccc(C)cc3)[n+](C)c3ccc(-c4ccccc4)cn23)CC1. The van der Waals surface area contributed by atoms with Gasteiger partial charge in [0.2, 0.25) is 5.91 Å². The Balaban J connectivity index is 1.54. The molecule has 3 heterocycles. The number of rotatable bonds is 6. The Hall–Kier alpha value is -3.48. The van der Waals surface area contributed by atoms with Crippen molar-refractivity contribution in [3.8, 4) is 22.4 Å². The summed E-state index contributed by atoms with van der Waals surface area (Å²) < 4.78 is 9.69. The van der Waals surface area contributed by atoms with Gasteiger partial charge in [-0.1, -0.05) is 60.2 Å². The second-order valence-corrected chi connectivity index (χ2v) is 9.32. The summed E-state index contributed by atoms with van der Waals surface area (Å²) >= 11 is 0. The van der Waals surface area contributed by atoms with Gasteiger partial charge >= 0.3 is 0 Å². The minimum Gasteiger partial charge on any atom is -0.375 e. The number of aryl methyl sites for hydroxylation is 2. The first kappa shape index (κ1) is 23.3. The first-order valence-electron chi connectivity index (χ1n) is 12.2. The normalized spacial score (nSPS) is 14.5. The predicted molar refractivity (Wildman–Crippen MR) is 138 cm³/mol. The zero-order chi connectivity index (χ0) is 24.4. The first-order chi connectivity index (χ1) is 17.0. The molecule has 6 heteroatoms. The number of carbonyl (C=O) groups excluding carboxylic acids is 1. The zero-order valence-corrected chi connectivity index (χ0v) is 20.8. The summed E-state index contributed by atoms with van der Waals surface area (Å²) in [4.78, 5) is 16.6. The van der Waals surface area contributed by atoms with Crippen LogP contribution in [0.5, 0.6) is 0 Å². The number of aromatic nitrogens is 2. The Morgan fingerprint density at radius 1 is 0.886 bits per heavy atom. The van der Waals surface area contributed by atoms with E-state index in [-0.39, 0.29) is 12.5 Å². The van der Waals surface area contributed by atoms with Crippen LogP contribution >= 0.6 is 0 Å². The molecule has 0 radical (unpaired) electrons. The van der Waals surface area contributed by atoms with Gasteiger partial charge in [-0.05, 0) is 18.6 Å². The summed E-state index contributed by atoms with van der Waals surface area (Å²) in [6.07, 6.45) is 2.26. The molecule has 1 fully saturated rings. The highest BCUT2D eigenvalue weighted by Crippen LogP contribution is 2.27. The number of imidazole rings is 1. The van der Waals surface area contributed by atoms with Crippen molar-refractivity contribution in [2.75, 3.05) is 39.9 Å². The molecule has 0 saturated carbocycles. The molecule has 0 N–H and O–H groups in total. The molecule has 180 valence electrons. The molecular weight excluding hydrogens is 436 g/mol. The van der Waals surface area contributed by atoms with Crippen molar-refractivity contribution < 1.29 is 14.1 Å². The smallest absolute Gasteiger partial charge is 0.286 e. The average Bonchev–Trinajstić information content (AvgIpc) is 3.16. The van der Waals surface area contributed by atoms with E-state index in [1.165, 1.54) is 33.6 Å². The Morgan fingerprint density at radius 3 is 2.26 bits per heavy atom. The summed E-state index contributed by atoms with van der Waals surface area (Å²) in [5.74, 6) is 0.0690. The average molecular weight is 470 g/mol. The number of amides is 1. The molecule has 35 heavy (non-hydrogen) atoms. The molecule has 1 saturated heterocycles. The van der Waals surface area contributed by atoms with Crippen molar-refractivity contribution >= 4 is 11.6 Å². The lowest BCUT2D eigenvalue weighted by molar-refractivity contribution is -0.633. The van der Waals surface area contributed by atoms with E-state index in [1.54, 1.807) is 7.11 Å². The number of ether oxygens (including phenoxy) is 1. The Bertz CT molecular complexity index is 1320. The molecule has 0 bridgehead atoms. The summed E-state index contributed by atoms with van der Waals surface area (Å²) in [5.41, 5.74) is 8.52. The van der Waals surface area contributed by atoms with Gasteiger partial charge in [0.25, 0.3) is 5.65 Å². The van der Waals surface area contributed by atoms with Crippen LogP contribution in [-0.4, -0.2) is 60.0 Å². The van der Waals surface area contributed by atoms with Crippen LogP contribution in [0.25, 0.3) is 28.0 Å². The van der Waals surface area contributed by atoms with E-state index in [0.717, 1.165) is 38.4 Å². The maximum Gasteiger partial charge on any atom is 0.286 e. The number of piperazine rings is 1. The van der Waals surface area contributed by atoms with Gasteiger partial charge in [0, 0.05) is 50.5 Å². The van der Waals surface area contributed by atoms with Crippen LogP contribution in [-0.2, 0) is 23.1 Å². The Labute approximate surface area is 207 Å². The van der Waals surface area contributed by atoms with Gasteiger partial charge in [-0.3, -0.25) is 9.69 Å². The van der Waals surface area contributed by atoms with E-state index < -0.39 is 0 Å². The van der Waals surface area contributed by atoms with Gasteiger partial charge in [-0.15, -0.1) is 0 Å². The van der Waals surface area contributed by atoms with E-state index in [0.29, 0.717) is 0 Å². The van der Waals surface area contributed by atoms with Crippen LogP contribution < -0.4 is 4.57 Å². The van der Waals surface area contributed by atoms with Crippen LogP contribution in [0.4, 0.5) is 0 Å². The van der Waals surface area contributed by atoms with Gasteiger partial charge in [0.15, 0.2) is 11.4 Å². The van der Waals surface area contributed by atoms with Crippen LogP contribution in [0, 0.1) is 6.92 Å². The number of carbonyl (C=O) groups is 1. The number of fused-ring (bicyclic) bond motifs is 1. The predicted octanol–water partition coefficient (Wildman–Crippen LogP) is 3.70. The molecule has 5 rings (SSSR count). The highest BCUT2D eigenvalue weighted by Gasteiger charge is 2.29. The largest absolute Gasteiger partial charge is 0.375 e. The summed E-state index contributed by atoms with van der Waals surface area (Å²) in [6, 6.07) is 23.7. The van der Waals surface area contributed by atoms with Crippen molar-refractivity contribution in [3.05, 3.63) is 84.2 Å². The third kappa shape index (κ3) is 4.72. The van der Waals surface area contributed by atoms with E-state index >= 15 is 0 Å². The molecule has 2 aromatic heterocycles. The van der Waals surface area contributed by atoms with Crippen molar-refractivity contribution in [1.29, 1.82) is 0 Å². The lowest BCUT2D eigenvalue weighted by atomic mass is 10.1. The lowest BCUT2D eigenvalue weighted by Crippen LogP contribution is -2.49. The Kier molecular flexibility index (Phi) is 6.66. The quantitative estimate of drug-likeness (QED) is 0.405. The molecule has 1 aliphatic rings. The zero-order valence-electron chi connectivity index (χ0n) is 20.8. The molecule has 0 atom stereocenters. The van der Waals surface area contributed by atoms with Gasteiger partial charge in [0.05, 0.1) is 13.6 Å². The van der Waals surface area contributed by atoms with Gasteiger partial charge < -0.3 is 9.64 Å². The number of pyridine rings is 1. The second kappa shape index (κ2) is 10.0. The number of hydrogen-bond donors (Lipinski definition) is 0. The minimum absolute atomic E-state index is 0.0690. The molecule has 6 nitrogen and oxygen atoms in total. The van der Waals surface area contributed by atoms with Gasteiger partial charge in [0.1, 0.15) is 12.8 Å². The minimum atomic E-state index is 0.0690. The molecule has 0 unspecified atom stereocenters. The van der Waals surface area contributed by atoms with Gasteiger partial charge in [-0.25, -0.2) is 4.57 Å². The molecule has 2 aromatic carbocycles. The van der Waals surface area contributed by atoms with E-state index in [1.807, 2.05) is 4.90 Å². The monoisotopic (exact) mass is 469 g/mol. The van der Waals surface area contributed by atoms with E-state index in [4.69, 9.17) is 4.74 Å². The molecular formula is C29H33N4O2+. The number of nitrogens with zero attached hydrogens (tertiary/aromatic N) is 4. The topological polar surface area (TPSA) is 41.1 Å². The number of hydrogen-bond acceptors (Lipinski definition) is 3. The molecule has 4 aromatic rings. The van der Waals surface area contributed by atoms with Crippen LogP contribution in [0.15, 0.2) is 72.9 Å². The fraction of sp³-hybridized carbons (Fsp3) is 0.310. The summed E-state index contributed by atoms with van der Waals surface area (Å²) in [6.45, 7) is 6.24.